The average molecular weight is 352 g/mol. The Bertz CT molecular complexity index is 480. The van der Waals surface area contributed by atoms with Crippen molar-refractivity contribution in [3.8, 4) is 5.75 Å². The van der Waals surface area contributed by atoms with Gasteiger partial charge in [0.25, 0.3) is 5.91 Å². The average Bonchev–Trinajstić information content (AvgIpc) is 2.55. The molecule has 1 aliphatic rings. The van der Waals surface area contributed by atoms with Crippen LogP contribution in [0.3, 0.4) is 0 Å². The van der Waals surface area contributed by atoms with Crippen molar-refractivity contribution in [3.63, 3.8) is 0 Å². The van der Waals surface area contributed by atoms with Crippen LogP contribution >= 0.6 is 11.6 Å². The maximum atomic E-state index is 12.2. The fourth-order valence-electron chi connectivity index (χ4n) is 3.28. The fraction of sp³-hybridized carbons (Fsp3) is 0.650. The Labute approximate surface area is 151 Å². The van der Waals surface area contributed by atoms with Crippen LogP contribution in [0.5, 0.6) is 5.75 Å². The molecule has 0 aromatic heterocycles. The van der Waals surface area contributed by atoms with E-state index in [1.165, 1.54) is 57.8 Å². The van der Waals surface area contributed by atoms with Crippen molar-refractivity contribution in [1.82, 2.24) is 5.32 Å². The highest BCUT2D eigenvalue weighted by atomic mass is 35.5. The summed E-state index contributed by atoms with van der Waals surface area (Å²) < 4.78 is 5.53. The van der Waals surface area contributed by atoms with E-state index >= 15 is 0 Å². The highest BCUT2D eigenvalue weighted by molar-refractivity contribution is 6.30. The second-order valence-corrected chi connectivity index (χ2v) is 7.21. The molecule has 0 bridgehead atoms. The van der Waals surface area contributed by atoms with E-state index in [1.807, 2.05) is 12.1 Å². The summed E-state index contributed by atoms with van der Waals surface area (Å²) in [6, 6.07) is 7.45. The van der Waals surface area contributed by atoms with Gasteiger partial charge in [-0.15, -0.1) is 0 Å². The summed E-state index contributed by atoms with van der Waals surface area (Å²) in [7, 11) is 0. The van der Waals surface area contributed by atoms with Crippen molar-refractivity contribution in [2.75, 3.05) is 6.61 Å². The zero-order chi connectivity index (χ0) is 17.0. The lowest BCUT2D eigenvalue weighted by Crippen LogP contribution is -2.38. The lowest BCUT2D eigenvalue weighted by atomic mass is 9.98. The molecular formula is C20H30ClNO2. The van der Waals surface area contributed by atoms with E-state index in [1.54, 1.807) is 12.1 Å². The summed E-state index contributed by atoms with van der Waals surface area (Å²) in [5.41, 5.74) is 0. The topological polar surface area (TPSA) is 38.3 Å². The minimum atomic E-state index is -0.0351. The third kappa shape index (κ3) is 8.05. The number of carbonyl (C=O) groups excluding carboxylic acids is 1. The first-order valence-corrected chi connectivity index (χ1v) is 9.79. The lowest BCUT2D eigenvalue weighted by Gasteiger charge is -2.19. The van der Waals surface area contributed by atoms with Crippen LogP contribution < -0.4 is 10.1 Å². The maximum Gasteiger partial charge on any atom is 0.258 e. The number of halogens is 1. The Kier molecular flexibility index (Phi) is 9.04. The maximum absolute atomic E-state index is 12.2. The molecule has 0 heterocycles. The number of carbonyl (C=O) groups is 1. The lowest BCUT2D eigenvalue weighted by molar-refractivity contribution is -0.123. The van der Waals surface area contributed by atoms with Crippen LogP contribution in [0.25, 0.3) is 0 Å². The Balaban J connectivity index is 1.74. The molecule has 1 saturated carbocycles. The smallest absolute Gasteiger partial charge is 0.258 e. The first-order valence-electron chi connectivity index (χ1n) is 9.42. The zero-order valence-corrected chi connectivity index (χ0v) is 15.3. The molecule has 0 saturated heterocycles. The molecule has 4 heteroatoms. The number of hydrogen-bond acceptors (Lipinski definition) is 2. The van der Waals surface area contributed by atoms with Gasteiger partial charge in [-0.2, -0.15) is 0 Å². The largest absolute Gasteiger partial charge is 0.484 e. The highest BCUT2D eigenvalue weighted by Crippen LogP contribution is 2.18. The Morgan fingerprint density at radius 3 is 2.17 bits per heavy atom. The molecule has 0 unspecified atom stereocenters. The minimum Gasteiger partial charge on any atom is -0.484 e. The van der Waals surface area contributed by atoms with Gasteiger partial charge in [0.1, 0.15) is 5.75 Å². The summed E-state index contributed by atoms with van der Waals surface area (Å²) in [6.07, 6.45) is 13.9. The van der Waals surface area contributed by atoms with Gasteiger partial charge in [0.05, 0.1) is 0 Å². The first-order chi connectivity index (χ1) is 11.7. The van der Waals surface area contributed by atoms with Crippen LogP contribution in [-0.2, 0) is 4.79 Å². The molecule has 2 rings (SSSR count). The van der Waals surface area contributed by atoms with Gasteiger partial charge in [0.15, 0.2) is 6.61 Å². The standard InChI is InChI=1S/C20H30ClNO2/c21-17-11-10-14-19(15-17)24-16-20(23)22-18-12-8-6-4-2-1-3-5-7-9-13-18/h10-11,14-15,18H,1-9,12-13,16H2,(H,22,23). The van der Waals surface area contributed by atoms with Crippen molar-refractivity contribution in [2.24, 2.45) is 0 Å². The minimum absolute atomic E-state index is 0.0351. The van der Waals surface area contributed by atoms with E-state index < -0.39 is 0 Å². The van der Waals surface area contributed by atoms with Crippen molar-refractivity contribution in [1.29, 1.82) is 0 Å². The Hall–Kier alpha value is -1.22. The van der Waals surface area contributed by atoms with Crippen molar-refractivity contribution in [3.05, 3.63) is 29.3 Å². The van der Waals surface area contributed by atoms with E-state index in [0.29, 0.717) is 16.8 Å². The fourth-order valence-corrected chi connectivity index (χ4v) is 3.46. The molecule has 3 nitrogen and oxygen atoms in total. The highest BCUT2D eigenvalue weighted by Gasteiger charge is 2.13. The second kappa shape index (κ2) is 11.4. The van der Waals surface area contributed by atoms with Gasteiger partial charge in [-0.05, 0) is 31.0 Å². The summed E-state index contributed by atoms with van der Waals surface area (Å²) in [5, 5.41) is 3.78. The second-order valence-electron chi connectivity index (χ2n) is 6.77. The van der Waals surface area contributed by atoms with Gasteiger partial charge in [0.2, 0.25) is 0 Å². The summed E-state index contributed by atoms with van der Waals surface area (Å²) in [5.74, 6) is 0.600. The molecule has 0 aliphatic heterocycles. The normalized spacial score (nSPS) is 18.2. The van der Waals surface area contributed by atoms with Crippen molar-refractivity contribution < 1.29 is 9.53 Å². The summed E-state index contributed by atoms with van der Waals surface area (Å²) in [6.45, 7) is 0.0524. The number of nitrogens with one attached hydrogen (secondary N) is 1. The first kappa shape index (κ1) is 19.1. The predicted molar refractivity (Wildman–Crippen MR) is 99.7 cm³/mol. The summed E-state index contributed by atoms with van der Waals surface area (Å²) >= 11 is 5.92. The quantitative estimate of drug-likeness (QED) is 0.776. The van der Waals surface area contributed by atoms with Crippen LogP contribution in [0.15, 0.2) is 24.3 Å². The third-order valence-corrected chi connectivity index (χ3v) is 4.87. The predicted octanol–water partition coefficient (Wildman–Crippen LogP) is 5.51. The van der Waals surface area contributed by atoms with Crippen molar-refractivity contribution >= 4 is 17.5 Å². The van der Waals surface area contributed by atoms with Crippen LogP contribution in [-0.4, -0.2) is 18.6 Å². The molecule has 0 spiro atoms. The van der Waals surface area contributed by atoms with Crippen LogP contribution in [0.1, 0.15) is 70.6 Å². The molecule has 24 heavy (non-hydrogen) atoms. The van der Waals surface area contributed by atoms with Crippen LogP contribution in [0, 0.1) is 0 Å². The third-order valence-electron chi connectivity index (χ3n) is 4.64. The van der Waals surface area contributed by atoms with Gasteiger partial charge in [-0.25, -0.2) is 0 Å². The monoisotopic (exact) mass is 351 g/mol. The number of hydrogen-bond donors (Lipinski definition) is 1. The molecule has 134 valence electrons. The van der Waals surface area contributed by atoms with E-state index in [4.69, 9.17) is 16.3 Å². The molecule has 1 aromatic carbocycles. The Morgan fingerprint density at radius 1 is 1.00 bits per heavy atom. The zero-order valence-electron chi connectivity index (χ0n) is 14.6. The number of amides is 1. The van der Waals surface area contributed by atoms with Gasteiger partial charge in [0, 0.05) is 11.1 Å². The molecule has 1 amide bonds. The van der Waals surface area contributed by atoms with Gasteiger partial charge in [-0.3, -0.25) is 4.79 Å². The van der Waals surface area contributed by atoms with E-state index in [9.17, 15) is 4.79 Å². The van der Waals surface area contributed by atoms with Gasteiger partial charge >= 0.3 is 0 Å². The van der Waals surface area contributed by atoms with Gasteiger partial charge < -0.3 is 10.1 Å². The van der Waals surface area contributed by atoms with Gasteiger partial charge in [-0.1, -0.05) is 75.5 Å². The van der Waals surface area contributed by atoms with E-state index in [-0.39, 0.29) is 12.5 Å². The SMILES string of the molecule is O=C(COc1cccc(Cl)c1)NC1CCCCCCCCCCC1. The van der Waals surface area contributed by atoms with Crippen molar-refractivity contribution in [2.45, 2.75) is 76.7 Å². The molecule has 1 N–H and O–H groups in total. The number of ether oxygens (including phenoxy) is 1. The van der Waals surface area contributed by atoms with Crippen LogP contribution in [0.4, 0.5) is 0 Å². The Morgan fingerprint density at radius 2 is 1.58 bits per heavy atom. The molecule has 1 aliphatic carbocycles. The number of benzene rings is 1. The van der Waals surface area contributed by atoms with E-state index in [2.05, 4.69) is 5.32 Å². The molecule has 1 aromatic rings. The molecule has 1 fully saturated rings. The molecular weight excluding hydrogens is 322 g/mol. The number of rotatable bonds is 4. The van der Waals surface area contributed by atoms with Crippen LogP contribution in [0.2, 0.25) is 5.02 Å². The molecule has 0 atom stereocenters. The molecule has 0 radical (unpaired) electrons. The van der Waals surface area contributed by atoms with E-state index in [0.717, 1.165) is 12.8 Å². The summed E-state index contributed by atoms with van der Waals surface area (Å²) in [4.78, 5) is 12.2.